The summed E-state index contributed by atoms with van der Waals surface area (Å²) in [6, 6.07) is 14.8. The Morgan fingerprint density at radius 2 is 1.86 bits per heavy atom. The lowest BCUT2D eigenvalue weighted by Gasteiger charge is -2.08. The van der Waals surface area contributed by atoms with E-state index in [9.17, 15) is 4.39 Å². The molecule has 0 atom stereocenters. The smallest absolute Gasteiger partial charge is 0.124 e. The van der Waals surface area contributed by atoms with Crippen LogP contribution in [0.5, 0.6) is 0 Å². The molecule has 0 radical (unpaired) electrons. The van der Waals surface area contributed by atoms with Crippen LogP contribution in [0, 0.1) is 17.1 Å². The summed E-state index contributed by atoms with van der Waals surface area (Å²) in [6.45, 7) is 2.69. The maximum absolute atomic E-state index is 13.0. The van der Waals surface area contributed by atoms with E-state index in [0.717, 1.165) is 28.8 Å². The number of hydrogen-bond donors (Lipinski definition) is 0. The molecule has 0 bridgehead atoms. The van der Waals surface area contributed by atoms with Crippen molar-refractivity contribution in [2.45, 2.75) is 26.3 Å². The molecule has 0 unspecified atom stereocenters. The van der Waals surface area contributed by atoms with E-state index in [1.165, 1.54) is 17.7 Å². The fraction of sp³-hybridized carbons (Fsp3) is 0.222. The van der Waals surface area contributed by atoms with Gasteiger partial charge in [-0.3, -0.25) is 0 Å². The minimum Gasteiger partial charge on any atom is -0.323 e. The van der Waals surface area contributed by atoms with Gasteiger partial charge < -0.3 is 4.57 Å². The summed E-state index contributed by atoms with van der Waals surface area (Å²) in [7, 11) is 0. The lowest BCUT2D eigenvalue weighted by Crippen LogP contribution is -2.04. The Morgan fingerprint density at radius 3 is 2.55 bits per heavy atom. The van der Waals surface area contributed by atoms with Crippen LogP contribution >= 0.6 is 0 Å². The van der Waals surface area contributed by atoms with Gasteiger partial charge in [0.2, 0.25) is 0 Å². The van der Waals surface area contributed by atoms with Crippen LogP contribution in [0.1, 0.15) is 23.9 Å². The number of nitriles is 1. The topological polar surface area (TPSA) is 41.6 Å². The van der Waals surface area contributed by atoms with Crippen LogP contribution < -0.4 is 0 Å². The number of halogens is 1. The highest BCUT2D eigenvalue weighted by Crippen LogP contribution is 2.20. The van der Waals surface area contributed by atoms with E-state index in [4.69, 9.17) is 5.26 Å². The number of nitrogens with zero attached hydrogens (tertiary/aromatic N) is 3. The Labute approximate surface area is 128 Å². The molecule has 4 heteroatoms. The summed E-state index contributed by atoms with van der Waals surface area (Å²) >= 11 is 0. The number of hydrogen-bond acceptors (Lipinski definition) is 2. The number of fused-ring (bicyclic) bond motifs is 1. The second-order valence-electron chi connectivity index (χ2n) is 5.25. The molecule has 3 rings (SSSR count). The summed E-state index contributed by atoms with van der Waals surface area (Å²) in [5.41, 5.74) is 4.13. The van der Waals surface area contributed by atoms with Crippen molar-refractivity contribution in [2.24, 2.45) is 0 Å². The Kier molecular flexibility index (Phi) is 3.88. The van der Waals surface area contributed by atoms with Crippen LogP contribution in [0.4, 0.5) is 4.39 Å². The van der Waals surface area contributed by atoms with E-state index in [1.807, 2.05) is 10.6 Å². The number of benzene rings is 2. The maximum Gasteiger partial charge on any atom is 0.124 e. The molecule has 3 nitrogen and oxygen atoms in total. The Morgan fingerprint density at radius 1 is 1.14 bits per heavy atom. The van der Waals surface area contributed by atoms with Gasteiger partial charge >= 0.3 is 0 Å². The van der Waals surface area contributed by atoms with Crippen LogP contribution in [0.2, 0.25) is 0 Å². The molecule has 0 fully saturated rings. The van der Waals surface area contributed by atoms with Crippen molar-refractivity contribution < 1.29 is 4.39 Å². The molecule has 0 saturated carbocycles. The third kappa shape index (κ3) is 2.71. The molecule has 0 aliphatic carbocycles. The molecule has 0 N–H and O–H groups in total. The Balaban J connectivity index is 2.07. The zero-order valence-corrected chi connectivity index (χ0v) is 12.4. The number of aryl methyl sites for hydroxylation is 1. The molecular weight excluding hydrogens is 277 g/mol. The van der Waals surface area contributed by atoms with Gasteiger partial charge in [0.25, 0.3) is 0 Å². The standard InChI is InChI=1S/C18H16FN3/c1-2-13-5-8-17-16(11-13)21-18(9-10-20)22(17)12-14-3-6-15(19)7-4-14/h3-8,11H,2,9,12H2,1H3. The zero-order chi connectivity index (χ0) is 15.5. The summed E-state index contributed by atoms with van der Waals surface area (Å²) in [4.78, 5) is 4.59. The lowest BCUT2D eigenvalue weighted by atomic mass is 10.1. The number of imidazole rings is 1. The van der Waals surface area contributed by atoms with E-state index in [1.54, 1.807) is 12.1 Å². The second kappa shape index (κ2) is 5.98. The van der Waals surface area contributed by atoms with Gasteiger partial charge in [-0.05, 0) is 41.8 Å². The molecule has 0 aliphatic heterocycles. The largest absolute Gasteiger partial charge is 0.323 e. The van der Waals surface area contributed by atoms with Crippen molar-refractivity contribution in [1.29, 1.82) is 5.26 Å². The first-order valence-corrected chi connectivity index (χ1v) is 7.30. The first-order valence-electron chi connectivity index (χ1n) is 7.30. The quantitative estimate of drug-likeness (QED) is 0.733. The van der Waals surface area contributed by atoms with E-state index in [-0.39, 0.29) is 12.2 Å². The average Bonchev–Trinajstić information content (AvgIpc) is 2.86. The molecule has 3 aromatic rings. The fourth-order valence-corrected chi connectivity index (χ4v) is 2.60. The van der Waals surface area contributed by atoms with Crippen LogP contribution in [-0.4, -0.2) is 9.55 Å². The van der Waals surface area contributed by atoms with Crippen LogP contribution in [0.3, 0.4) is 0 Å². The van der Waals surface area contributed by atoms with Crippen molar-refractivity contribution >= 4 is 11.0 Å². The molecule has 0 saturated heterocycles. The normalized spacial score (nSPS) is 10.8. The summed E-state index contributed by atoms with van der Waals surface area (Å²) in [5, 5.41) is 9.02. The molecule has 1 heterocycles. The molecule has 22 heavy (non-hydrogen) atoms. The third-order valence-corrected chi connectivity index (χ3v) is 3.79. The monoisotopic (exact) mass is 293 g/mol. The van der Waals surface area contributed by atoms with Gasteiger partial charge in [0, 0.05) is 6.54 Å². The van der Waals surface area contributed by atoms with Crippen molar-refractivity contribution in [2.75, 3.05) is 0 Å². The minimum absolute atomic E-state index is 0.246. The van der Waals surface area contributed by atoms with Gasteiger partial charge in [-0.1, -0.05) is 25.1 Å². The van der Waals surface area contributed by atoms with Crippen LogP contribution in [-0.2, 0) is 19.4 Å². The van der Waals surface area contributed by atoms with Crippen LogP contribution in [0.25, 0.3) is 11.0 Å². The van der Waals surface area contributed by atoms with Gasteiger partial charge in [-0.15, -0.1) is 0 Å². The molecular formula is C18H16FN3. The predicted molar refractivity (Wildman–Crippen MR) is 83.9 cm³/mol. The van der Waals surface area contributed by atoms with E-state index < -0.39 is 0 Å². The molecule has 0 spiro atoms. The van der Waals surface area contributed by atoms with Crippen LogP contribution in [0.15, 0.2) is 42.5 Å². The Bertz CT molecular complexity index is 841. The van der Waals surface area contributed by atoms with Gasteiger partial charge in [-0.25, -0.2) is 9.37 Å². The average molecular weight is 293 g/mol. The fourth-order valence-electron chi connectivity index (χ4n) is 2.60. The SMILES string of the molecule is CCc1ccc2c(c1)nc(CC#N)n2Cc1ccc(F)cc1. The highest BCUT2D eigenvalue weighted by atomic mass is 19.1. The molecule has 0 aliphatic rings. The maximum atomic E-state index is 13.0. The Hall–Kier alpha value is -2.67. The zero-order valence-electron chi connectivity index (χ0n) is 12.4. The number of aromatic nitrogens is 2. The van der Waals surface area contributed by atoms with Crippen molar-refractivity contribution in [3.63, 3.8) is 0 Å². The summed E-state index contributed by atoms with van der Waals surface area (Å²) in [5.74, 6) is 0.499. The molecule has 1 aromatic heterocycles. The lowest BCUT2D eigenvalue weighted by molar-refractivity contribution is 0.626. The van der Waals surface area contributed by atoms with Crippen molar-refractivity contribution in [3.05, 3.63) is 65.2 Å². The second-order valence-corrected chi connectivity index (χ2v) is 5.25. The van der Waals surface area contributed by atoms with Gasteiger partial charge in [0.1, 0.15) is 11.6 Å². The highest BCUT2D eigenvalue weighted by Gasteiger charge is 2.11. The van der Waals surface area contributed by atoms with Gasteiger partial charge in [0.15, 0.2) is 0 Å². The third-order valence-electron chi connectivity index (χ3n) is 3.79. The van der Waals surface area contributed by atoms with Gasteiger partial charge in [0.05, 0.1) is 23.5 Å². The number of rotatable bonds is 4. The first kappa shape index (κ1) is 14.3. The highest BCUT2D eigenvalue weighted by molar-refractivity contribution is 5.77. The van der Waals surface area contributed by atoms with E-state index in [0.29, 0.717) is 6.54 Å². The molecule has 0 amide bonds. The van der Waals surface area contributed by atoms with Crippen molar-refractivity contribution in [3.8, 4) is 6.07 Å². The first-order chi connectivity index (χ1) is 10.7. The molecule has 2 aromatic carbocycles. The van der Waals surface area contributed by atoms with Gasteiger partial charge in [-0.2, -0.15) is 5.26 Å². The summed E-state index contributed by atoms with van der Waals surface area (Å²) in [6.07, 6.45) is 1.21. The molecule has 110 valence electrons. The van der Waals surface area contributed by atoms with E-state index in [2.05, 4.69) is 30.1 Å². The predicted octanol–water partition coefficient (Wildman–Crippen LogP) is 3.85. The van der Waals surface area contributed by atoms with Crippen molar-refractivity contribution in [1.82, 2.24) is 9.55 Å². The minimum atomic E-state index is -0.246. The summed E-state index contributed by atoms with van der Waals surface area (Å²) < 4.78 is 15.1. The van der Waals surface area contributed by atoms with E-state index >= 15 is 0 Å².